The first kappa shape index (κ1) is 14.0. The van der Waals surface area contributed by atoms with Crippen LogP contribution in [0.5, 0.6) is 0 Å². The summed E-state index contributed by atoms with van der Waals surface area (Å²) in [5.74, 6) is 0.178. The average Bonchev–Trinajstić information content (AvgIpc) is 2.31. The van der Waals surface area contributed by atoms with E-state index in [4.69, 9.17) is 4.74 Å². The molecule has 0 aromatic carbocycles. The van der Waals surface area contributed by atoms with E-state index in [9.17, 15) is 4.79 Å². The second-order valence-corrected chi connectivity index (χ2v) is 5.07. The van der Waals surface area contributed by atoms with E-state index in [0.717, 1.165) is 44.2 Å². The smallest absolute Gasteiger partial charge is 0.219 e. The van der Waals surface area contributed by atoms with Crippen LogP contribution < -0.4 is 5.32 Å². The molecule has 1 atom stereocenters. The molecule has 1 unspecified atom stereocenters. The second-order valence-electron chi connectivity index (χ2n) is 4.27. The molecule has 0 bridgehead atoms. The lowest BCUT2D eigenvalue weighted by atomic mass is 10.1. The minimum Gasteiger partial charge on any atom is -0.378 e. The molecule has 0 saturated carbocycles. The number of unbranched alkanes of at least 4 members (excludes halogenated alkanes) is 1. The zero-order valence-electron chi connectivity index (χ0n) is 9.84. The number of carbonyl (C=O) groups excluding carboxylic acids is 1. The van der Waals surface area contributed by atoms with Gasteiger partial charge in [-0.2, -0.15) is 0 Å². The van der Waals surface area contributed by atoms with Gasteiger partial charge < -0.3 is 10.1 Å². The summed E-state index contributed by atoms with van der Waals surface area (Å²) in [4.78, 5) is 11.4. The molecule has 0 aromatic heterocycles. The molecule has 16 heavy (non-hydrogen) atoms. The fourth-order valence-electron chi connectivity index (χ4n) is 1.88. The van der Waals surface area contributed by atoms with Crippen LogP contribution in [-0.4, -0.2) is 30.5 Å². The lowest BCUT2D eigenvalue weighted by molar-refractivity contribution is -0.121. The zero-order valence-corrected chi connectivity index (χ0v) is 11.4. The van der Waals surface area contributed by atoms with Crippen LogP contribution in [0.1, 0.15) is 44.9 Å². The van der Waals surface area contributed by atoms with E-state index in [2.05, 4.69) is 21.2 Å². The third kappa shape index (κ3) is 6.48. The maximum absolute atomic E-state index is 11.4. The van der Waals surface area contributed by atoms with E-state index >= 15 is 0 Å². The normalized spacial score (nSPS) is 20.7. The molecule has 0 spiro atoms. The van der Waals surface area contributed by atoms with E-state index in [1.165, 1.54) is 12.8 Å². The Balaban J connectivity index is 1.94. The topological polar surface area (TPSA) is 38.3 Å². The Morgan fingerprint density at radius 1 is 1.38 bits per heavy atom. The first-order valence-corrected chi connectivity index (χ1v) is 7.39. The molecule has 1 fully saturated rings. The van der Waals surface area contributed by atoms with Gasteiger partial charge in [0.15, 0.2) is 0 Å². The molecule has 1 aliphatic heterocycles. The summed E-state index contributed by atoms with van der Waals surface area (Å²) in [6, 6.07) is 0. The summed E-state index contributed by atoms with van der Waals surface area (Å²) in [7, 11) is 0. The minimum atomic E-state index is 0.178. The number of carbonyl (C=O) groups is 1. The van der Waals surface area contributed by atoms with Crippen molar-refractivity contribution in [3.8, 4) is 0 Å². The summed E-state index contributed by atoms with van der Waals surface area (Å²) < 4.78 is 5.60. The molecule has 94 valence electrons. The minimum absolute atomic E-state index is 0.178. The van der Waals surface area contributed by atoms with Gasteiger partial charge in [0.1, 0.15) is 0 Å². The third-order valence-electron chi connectivity index (χ3n) is 2.85. The zero-order chi connectivity index (χ0) is 11.6. The summed E-state index contributed by atoms with van der Waals surface area (Å²) in [6.07, 6.45) is 7.63. The van der Waals surface area contributed by atoms with Crippen molar-refractivity contribution < 1.29 is 9.53 Å². The van der Waals surface area contributed by atoms with E-state index in [1.807, 2.05) is 0 Å². The van der Waals surface area contributed by atoms with Crippen molar-refractivity contribution in [2.45, 2.75) is 51.0 Å². The molecule has 0 aromatic rings. The SMILES string of the molecule is O=C(CCCCBr)NCCC1CCCCO1. The number of ether oxygens (including phenoxy) is 1. The summed E-state index contributed by atoms with van der Waals surface area (Å²) >= 11 is 3.36. The summed E-state index contributed by atoms with van der Waals surface area (Å²) in [5.41, 5.74) is 0. The Labute approximate surface area is 106 Å². The van der Waals surface area contributed by atoms with E-state index < -0.39 is 0 Å². The van der Waals surface area contributed by atoms with Crippen LogP contribution in [0.15, 0.2) is 0 Å². The predicted molar refractivity (Wildman–Crippen MR) is 68.9 cm³/mol. The summed E-state index contributed by atoms with van der Waals surface area (Å²) in [6.45, 7) is 1.65. The highest BCUT2D eigenvalue weighted by atomic mass is 79.9. The van der Waals surface area contributed by atoms with Crippen molar-refractivity contribution >= 4 is 21.8 Å². The van der Waals surface area contributed by atoms with Gasteiger partial charge in [-0.05, 0) is 38.5 Å². The van der Waals surface area contributed by atoms with Crippen LogP contribution in [0.3, 0.4) is 0 Å². The number of rotatable bonds is 7. The molecule has 0 aliphatic carbocycles. The highest BCUT2D eigenvalue weighted by molar-refractivity contribution is 9.09. The fourth-order valence-corrected chi connectivity index (χ4v) is 2.27. The van der Waals surface area contributed by atoms with E-state index in [0.29, 0.717) is 12.5 Å². The molecule has 3 nitrogen and oxygen atoms in total. The molecular weight excluding hydrogens is 270 g/mol. The van der Waals surface area contributed by atoms with Crippen molar-refractivity contribution in [3.63, 3.8) is 0 Å². The molecule has 4 heteroatoms. The van der Waals surface area contributed by atoms with Crippen LogP contribution >= 0.6 is 15.9 Å². The maximum Gasteiger partial charge on any atom is 0.219 e. The van der Waals surface area contributed by atoms with E-state index in [1.54, 1.807) is 0 Å². The molecule has 1 heterocycles. The van der Waals surface area contributed by atoms with Gasteiger partial charge in [0, 0.05) is 24.9 Å². The number of hydrogen-bond donors (Lipinski definition) is 1. The van der Waals surface area contributed by atoms with Crippen LogP contribution in [0.2, 0.25) is 0 Å². The van der Waals surface area contributed by atoms with Crippen LogP contribution in [0, 0.1) is 0 Å². The average molecular weight is 292 g/mol. The quantitative estimate of drug-likeness (QED) is 0.578. The van der Waals surface area contributed by atoms with Gasteiger partial charge in [-0.25, -0.2) is 0 Å². The van der Waals surface area contributed by atoms with Crippen LogP contribution in [0.4, 0.5) is 0 Å². The van der Waals surface area contributed by atoms with Crippen molar-refractivity contribution in [3.05, 3.63) is 0 Å². The molecule has 1 saturated heterocycles. The molecule has 1 aliphatic rings. The number of hydrogen-bond acceptors (Lipinski definition) is 2. The Bertz CT molecular complexity index is 193. The standard InChI is InChI=1S/C12H22BrNO2/c13-8-3-1-6-12(15)14-9-7-11-5-2-4-10-16-11/h11H,1-10H2,(H,14,15). The largest absolute Gasteiger partial charge is 0.378 e. The van der Waals surface area contributed by atoms with Crippen molar-refractivity contribution in [2.24, 2.45) is 0 Å². The lowest BCUT2D eigenvalue weighted by Gasteiger charge is -2.22. The predicted octanol–water partition coefficient (Wildman–Crippen LogP) is 2.63. The number of amides is 1. The van der Waals surface area contributed by atoms with Gasteiger partial charge in [0.05, 0.1) is 6.10 Å². The highest BCUT2D eigenvalue weighted by Crippen LogP contribution is 2.14. The lowest BCUT2D eigenvalue weighted by Crippen LogP contribution is -2.29. The first-order chi connectivity index (χ1) is 7.83. The van der Waals surface area contributed by atoms with Gasteiger partial charge in [0.2, 0.25) is 5.91 Å². The molecule has 0 radical (unpaired) electrons. The van der Waals surface area contributed by atoms with Gasteiger partial charge in [-0.1, -0.05) is 15.9 Å². The summed E-state index contributed by atoms with van der Waals surface area (Å²) in [5, 5.41) is 3.94. The van der Waals surface area contributed by atoms with Gasteiger partial charge >= 0.3 is 0 Å². The third-order valence-corrected chi connectivity index (χ3v) is 3.41. The Morgan fingerprint density at radius 3 is 2.94 bits per heavy atom. The Hall–Kier alpha value is -0.0900. The van der Waals surface area contributed by atoms with Crippen LogP contribution in [0.25, 0.3) is 0 Å². The van der Waals surface area contributed by atoms with Crippen molar-refractivity contribution in [1.29, 1.82) is 0 Å². The van der Waals surface area contributed by atoms with Gasteiger partial charge in [-0.15, -0.1) is 0 Å². The van der Waals surface area contributed by atoms with Gasteiger partial charge in [-0.3, -0.25) is 4.79 Å². The number of halogens is 1. The maximum atomic E-state index is 11.4. The molecule has 1 N–H and O–H groups in total. The molecule has 1 amide bonds. The Morgan fingerprint density at radius 2 is 2.25 bits per heavy atom. The van der Waals surface area contributed by atoms with Crippen molar-refractivity contribution in [1.82, 2.24) is 5.32 Å². The molecule has 1 rings (SSSR count). The fraction of sp³-hybridized carbons (Fsp3) is 0.917. The molecular formula is C12H22BrNO2. The van der Waals surface area contributed by atoms with Gasteiger partial charge in [0.25, 0.3) is 0 Å². The number of nitrogens with one attached hydrogen (secondary N) is 1. The van der Waals surface area contributed by atoms with Crippen LogP contribution in [-0.2, 0) is 9.53 Å². The van der Waals surface area contributed by atoms with E-state index in [-0.39, 0.29) is 5.91 Å². The van der Waals surface area contributed by atoms with Crippen molar-refractivity contribution in [2.75, 3.05) is 18.5 Å². The number of alkyl halides is 1. The monoisotopic (exact) mass is 291 g/mol. The Kier molecular flexibility index (Phi) is 7.85. The first-order valence-electron chi connectivity index (χ1n) is 6.27. The second kappa shape index (κ2) is 8.99. The highest BCUT2D eigenvalue weighted by Gasteiger charge is 2.13.